The average molecular weight is 121 g/mol. The van der Waals surface area contributed by atoms with Crippen LogP contribution in [-0.4, -0.2) is 12.5 Å². The van der Waals surface area contributed by atoms with Gasteiger partial charge < -0.3 is 4.74 Å². The summed E-state index contributed by atoms with van der Waals surface area (Å²) in [5.74, 6) is -0.611. The van der Waals surface area contributed by atoms with Gasteiger partial charge in [-0.3, -0.25) is 5.41 Å². The molecule has 0 heterocycles. The van der Waals surface area contributed by atoms with E-state index >= 15 is 0 Å². The molecule has 0 saturated carbocycles. The second kappa shape index (κ2) is 3.12. The van der Waals surface area contributed by atoms with Gasteiger partial charge in [-0.1, -0.05) is 6.58 Å². The van der Waals surface area contributed by atoms with Crippen molar-refractivity contribution in [2.24, 2.45) is 0 Å². The van der Waals surface area contributed by atoms with Gasteiger partial charge in [-0.25, -0.2) is 0 Å². The molecule has 0 aliphatic rings. The monoisotopic (exact) mass is 121 g/mol. The normalized spacial score (nSPS) is 8.88. The third kappa shape index (κ3) is 3.27. The molecule has 0 atom stereocenters. The number of rotatable bonds is 2. The minimum Gasteiger partial charge on any atom is -0.418 e. The van der Waals surface area contributed by atoms with Crippen LogP contribution in [0.2, 0.25) is 0 Å². The van der Waals surface area contributed by atoms with E-state index < -0.39 is 12.5 Å². The Morgan fingerprint density at radius 1 is 1.75 bits per heavy atom. The Labute approximate surface area is 45.3 Å². The van der Waals surface area contributed by atoms with E-state index in [9.17, 15) is 8.78 Å². The van der Waals surface area contributed by atoms with Gasteiger partial charge in [0.25, 0.3) is 0 Å². The fraction of sp³-hybridized carbons (Fsp3) is 0.250. The Balaban J connectivity index is 3.39. The van der Waals surface area contributed by atoms with Crippen LogP contribution in [0.15, 0.2) is 12.7 Å². The summed E-state index contributed by atoms with van der Waals surface area (Å²) in [5.41, 5.74) is 0. The molecule has 0 fully saturated rings. The van der Waals surface area contributed by atoms with Crippen LogP contribution in [0.4, 0.5) is 8.78 Å². The highest BCUT2D eigenvalue weighted by molar-refractivity contribution is 5.83. The van der Waals surface area contributed by atoms with Gasteiger partial charge in [-0.2, -0.15) is 8.78 Å². The molecule has 0 aromatic heterocycles. The van der Waals surface area contributed by atoms with Gasteiger partial charge in [-0.15, -0.1) is 0 Å². The van der Waals surface area contributed by atoms with Crippen LogP contribution < -0.4 is 0 Å². The van der Waals surface area contributed by atoms with Gasteiger partial charge >= 0.3 is 6.61 Å². The predicted molar refractivity (Wildman–Crippen MR) is 25.0 cm³/mol. The molecule has 0 aliphatic heterocycles. The highest BCUT2D eigenvalue weighted by Crippen LogP contribution is 1.94. The van der Waals surface area contributed by atoms with E-state index in [1.807, 2.05) is 0 Å². The lowest BCUT2D eigenvalue weighted by Gasteiger charge is -1.98. The summed E-state index contributed by atoms with van der Waals surface area (Å²) >= 11 is 0. The molecule has 1 N–H and O–H groups in total. The molecule has 0 spiro atoms. The average Bonchev–Trinajstić information content (AvgIpc) is 1.65. The summed E-state index contributed by atoms with van der Waals surface area (Å²) in [6.45, 7) is 0.115. The minimum atomic E-state index is -2.92. The standard InChI is InChI=1S/C4H5F2NO/c1-2-3(7)8-4(5)6/h2,4,7H,1H2. The number of alkyl halides is 2. The molecule has 0 bridgehead atoms. The first-order chi connectivity index (χ1) is 3.66. The first kappa shape index (κ1) is 7.07. The maximum absolute atomic E-state index is 11.1. The molecule has 0 saturated heterocycles. The maximum atomic E-state index is 11.1. The minimum absolute atomic E-state index is 0.611. The molecule has 46 valence electrons. The number of hydrogen-bond acceptors (Lipinski definition) is 2. The van der Waals surface area contributed by atoms with Crippen molar-refractivity contribution < 1.29 is 13.5 Å². The molecule has 0 unspecified atom stereocenters. The first-order valence-electron chi connectivity index (χ1n) is 1.82. The Bertz CT molecular complexity index is 102. The molecular formula is C4H5F2NO. The molecule has 8 heavy (non-hydrogen) atoms. The Morgan fingerprint density at radius 3 is 2.38 bits per heavy atom. The zero-order valence-corrected chi connectivity index (χ0v) is 4.03. The number of halogens is 2. The molecule has 4 heteroatoms. The van der Waals surface area contributed by atoms with Gasteiger partial charge in [0.2, 0.25) is 5.90 Å². The molecule has 0 aromatic rings. The number of ether oxygens (including phenoxy) is 1. The fourth-order valence-electron chi connectivity index (χ4n) is 0.144. The van der Waals surface area contributed by atoms with Crippen molar-refractivity contribution in [3.63, 3.8) is 0 Å². The zero-order valence-electron chi connectivity index (χ0n) is 4.03. The van der Waals surface area contributed by atoms with Gasteiger partial charge in [0.1, 0.15) is 0 Å². The van der Waals surface area contributed by atoms with Gasteiger partial charge in [-0.05, 0) is 6.08 Å². The van der Waals surface area contributed by atoms with E-state index in [0.717, 1.165) is 6.08 Å². The highest BCUT2D eigenvalue weighted by atomic mass is 19.3. The van der Waals surface area contributed by atoms with Crippen LogP contribution in [0, 0.1) is 5.41 Å². The van der Waals surface area contributed by atoms with Crippen molar-refractivity contribution in [3.8, 4) is 0 Å². The first-order valence-corrected chi connectivity index (χ1v) is 1.82. The van der Waals surface area contributed by atoms with Gasteiger partial charge in [0, 0.05) is 0 Å². The topological polar surface area (TPSA) is 33.1 Å². The highest BCUT2D eigenvalue weighted by Gasteiger charge is 2.01. The quantitative estimate of drug-likeness (QED) is 0.434. The molecule has 2 nitrogen and oxygen atoms in total. The van der Waals surface area contributed by atoms with Crippen molar-refractivity contribution in [1.82, 2.24) is 0 Å². The molecule has 0 radical (unpaired) electrons. The lowest BCUT2D eigenvalue weighted by atomic mass is 10.6. The van der Waals surface area contributed by atoms with Crippen LogP contribution in [0.25, 0.3) is 0 Å². The maximum Gasteiger partial charge on any atom is 0.388 e. The third-order valence-corrected chi connectivity index (χ3v) is 0.401. The summed E-state index contributed by atoms with van der Waals surface area (Å²) in [5, 5.41) is 6.45. The fourth-order valence-corrected chi connectivity index (χ4v) is 0.144. The molecule has 0 amide bonds. The SMILES string of the molecule is C=CC(=N)OC(F)F. The van der Waals surface area contributed by atoms with Crippen molar-refractivity contribution in [3.05, 3.63) is 12.7 Å². The molecule has 0 aliphatic carbocycles. The van der Waals surface area contributed by atoms with E-state index in [1.165, 1.54) is 0 Å². The number of hydrogen-bond donors (Lipinski definition) is 1. The summed E-state index contributed by atoms with van der Waals surface area (Å²) < 4.78 is 25.7. The summed E-state index contributed by atoms with van der Waals surface area (Å²) in [6.07, 6.45) is 0.895. The van der Waals surface area contributed by atoms with Crippen molar-refractivity contribution in [2.75, 3.05) is 0 Å². The van der Waals surface area contributed by atoms with Crippen LogP contribution >= 0.6 is 0 Å². The summed E-state index contributed by atoms with van der Waals surface area (Å²) in [4.78, 5) is 0. The van der Waals surface area contributed by atoms with Crippen LogP contribution in [0.3, 0.4) is 0 Å². The Morgan fingerprint density at radius 2 is 2.25 bits per heavy atom. The second-order valence-electron chi connectivity index (χ2n) is 0.947. The Hall–Kier alpha value is -0.930. The van der Waals surface area contributed by atoms with E-state index in [2.05, 4.69) is 11.3 Å². The molecule has 0 aromatic carbocycles. The predicted octanol–water partition coefficient (Wildman–Crippen LogP) is 1.39. The Kier molecular flexibility index (Phi) is 2.76. The van der Waals surface area contributed by atoms with E-state index in [0.29, 0.717) is 0 Å². The van der Waals surface area contributed by atoms with Crippen molar-refractivity contribution in [2.45, 2.75) is 6.61 Å². The molecular weight excluding hydrogens is 116 g/mol. The largest absolute Gasteiger partial charge is 0.418 e. The van der Waals surface area contributed by atoms with Gasteiger partial charge in [0.05, 0.1) is 0 Å². The smallest absolute Gasteiger partial charge is 0.388 e. The lowest BCUT2D eigenvalue weighted by Crippen LogP contribution is -2.04. The third-order valence-electron chi connectivity index (χ3n) is 0.401. The second-order valence-corrected chi connectivity index (χ2v) is 0.947. The van der Waals surface area contributed by atoms with Crippen LogP contribution in [-0.2, 0) is 4.74 Å². The van der Waals surface area contributed by atoms with E-state index in [-0.39, 0.29) is 0 Å². The van der Waals surface area contributed by atoms with Crippen LogP contribution in [0.1, 0.15) is 0 Å². The molecule has 0 rings (SSSR count). The van der Waals surface area contributed by atoms with Gasteiger partial charge in [0.15, 0.2) is 0 Å². The van der Waals surface area contributed by atoms with E-state index in [1.54, 1.807) is 0 Å². The summed E-state index contributed by atoms with van der Waals surface area (Å²) in [7, 11) is 0. The zero-order chi connectivity index (χ0) is 6.57. The van der Waals surface area contributed by atoms with E-state index in [4.69, 9.17) is 5.41 Å². The lowest BCUT2D eigenvalue weighted by molar-refractivity contribution is -0.0599. The summed E-state index contributed by atoms with van der Waals surface area (Å²) in [6, 6.07) is 0. The van der Waals surface area contributed by atoms with Crippen LogP contribution in [0.5, 0.6) is 0 Å². The van der Waals surface area contributed by atoms with Crippen molar-refractivity contribution in [1.29, 1.82) is 5.41 Å². The number of nitrogens with one attached hydrogen (secondary N) is 1. The van der Waals surface area contributed by atoms with Crippen molar-refractivity contribution >= 4 is 5.90 Å².